The van der Waals surface area contributed by atoms with E-state index in [1.54, 1.807) is 4.90 Å². The van der Waals surface area contributed by atoms with E-state index < -0.39 is 21.2 Å². The number of carbonyl (C=O) groups excluding carboxylic acids is 2. The molecule has 1 atom stereocenters. The molecule has 2 rings (SSSR count). The Morgan fingerprint density at radius 3 is 2.56 bits per heavy atom. The van der Waals surface area contributed by atoms with Crippen molar-refractivity contribution >= 4 is 27.3 Å². The van der Waals surface area contributed by atoms with Crippen LogP contribution in [-0.4, -0.2) is 49.1 Å². The summed E-state index contributed by atoms with van der Waals surface area (Å²) in [6, 6.07) is 3.84. The Kier molecular flexibility index (Phi) is 6.19. The lowest BCUT2D eigenvalue weighted by molar-refractivity contribution is -0.142. The van der Waals surface area contributed by atoms with Gasteiger partial charge in [0.1, 0.15) is 5.75 Å². The third kappa shape index (κ3) is 5.00. The molecule has 2 amide bonds. The maximum Gasteiger partial charge on any atom is 0.229 e. The molecule has 1 aromatic carbocycles. The molecular formula is C19H28N2O5S. The highest BCUT2D eigenvalue weighted by Gasteiger charge is 2.33. The number of aromatic hydroxyl groups is 1. The number of anilines is 1. The molecule has 0 radical (unpaired) electrons. The lowest BCUT2D eigenvalue weighted by Crippen LogP contribution is -2.47. The second-order valence-corrected chi connectivity index (χ2v) is 10.2. The minimum Gasteiger partial charge on any atom is -0.506 e. The highest BCUT2D eigenvalue weighted by molar-refractivity contribution is 7.91. The van der Waals surface area contributed by atoms with Gasteiger partial charge in [-0.3, -0.25) is 9.59 Å². The average Bonchev–Trinajstić information content (AvgIpc) is 2.62. The van der Waals surface area contributed by atoms with Gasteiger partial charge in [0.2, 0.25) is 11.8 Å². The molecule has 0 saturated carbocycles. The zero-order valence-corrected chi connectivity index (χ0v) is 17.1. The van der Waals surface area contributed by atoms with Gasteiger partial charge in [-0.15, -0.1) is 0 Å². The molecule has 1 heterocycles. The van der Waals surface area contributed by atoms with E-state index in [2.05, 4.69) is 5.32 Å². The van der Waals surface area contributed by atoms with Gasteiger partial charge in [-0.1, -0.05) is 27.7 Å². The van der Waals surface area contributed by atoms with Gasteiger partial charge in [-0.05, 0) is 31.0 Å². The Labute approximate surface area is 160 Å². The molecule has 1 aliphatic rings. The van der Waals surface area contributed by atoms with E-state index in [0.717, 1.165) is 6.42 Å². The number of amides is 2. The highest BCUT2D eigenvalue weighted by atomic mass is 32.2. The number of sulfone groups is 1. The average molecular weight is 397 g/mol. The maximum atomic E-state index is 12.7. The summed E-state index contributed by atoms with van der Waals surface area (Å²) in [7, 11) is -3.45. The summed E-state index contributed by atoms with van der Waals surface area (Å²) in [5, 5.41) is 12.6. The number of phenols is 1. The Bertz CT molecular complexity index is 827. The van der Waals surface area contributed by atoms with E-state index in [-0.39, 0.29) is 33.9 Å². The van der Waals surface area contributed by atoms with Gasteiger partial charge in [0.05, 0.1) is 22.3 Å². The van der Waals surface area contributed by atoms with Crippen LogP contribution in [0.15, 0.2) is 23.1 Å². The van der Waals surface area contributed by atoms with E-state index in [4.69, 9.17) is 0 Å². The van der Waals surface area contributed by atoms with Crippen LogP contribution in [0.5, 0.6) is 5.75 Å². The second-order valence-electron chi connectivity index (χ2n) is 7.91. The first-order chi connectivity index (χ1) is 12.5. The number of rotatable bonds is 4. The summed E-state index contributed by atoms with van der Waals surface area (Å²) in [5.41, 5.74) is -0.451. The lowest BCUT2D eigenvalue weighted by atomic mass is 9.91. The van der Waals surface area contributed by atoms with Gasteiger partial charge in [0.15, 0.2) is 9.84 Å². The first kappa shape index (κ1) is 21.2. The molecule has 0 aromatic heterocycles. The van der Waals surface area contributed by atoms with Crippen LogP contribution in [0, 0.1) is 11.3 Å². The van der Waals surface area contributed by atoms with Crippen molar-refractivity contribution in [2.24, 2.45) is 11.3 Å². The molecule has 0 spiro atoms. The molecule has 0 bridgehead atoms. The summed E-state index contributed by atoms with van der Waals surface area (Å²) >= 11 is 0. The molecule has 7 nitrogen and oxygen atoms in total. The fraction of sp³-hybridized carbons (Fsp3) is 0.579. The van der Waals surface area contributed by atoms with E-state index in [9.17, 15) is 23.1 Å². The molecule has 1 unspecified atom stereocenters. The smallest absolute Gasteiger partial charge is 0.229 e. The third-order valence-corrected chi connectivity index (χ3v) is 6.42. The van der Waals surface area contributed by atoms with Crippen molar-refractivity contribution in [2.45, 2.75) is 45.4 Å². The van der Waals surface area contributed by atoms with E-state index in [1.165, 1.54) is 25.1 Å². The molecule has 0 aliphatic carbocycles. The van der Waals surface area contributed by atoms with Gasteiger partial charge in [0, 0.05) is 18.5 Å². The SMILES string of the molecule is CCS(=O)(=O)c1ccc(O)c(NC(=O)C2CCCN(C(=O)C(C)(C)C)C2)c1. The minimum absolute atomic E-state index is 0.00103. The maximum absolute atomic E-state index is 12.7. The van der Waals surface area contributed by atoms with E-state index in [1.807, 2.05) is 20.8 Å². The number of nitrogens with zero attached hydrogens (tertiary/aromatic N) is 1. The molecular weight excluding hydrogens is 368 g/mol. The van der Waals surface area contributed by atoms with Gasteiger partial charge in [0.25, 0.3) is 0 Å². The summed E-state index contributed by atoms with van der Waals surface area (Å²) in [6.45, 7) is 8.00. The summed E-state index contributed by atoms with van der Waals surface area (Å²) in [6.07, 6.45) is 1.35. The van der Waals surface area contributed by atoms with Gasteiger partial charge in [-0.25, -0.2) is 8.42 Å². The number of phenolic OH excluding ortho intramolecular Hbond substituents is 1. The molecule has 1 aromatic rings. The predicted octanol–water partition coefficient (Wildman–Crippen LogP) is 2.41. The van der Waals surface area contributed by atoms with E-state index in [0.29, 0.717) is 19.5 Å². The Morgan fingerprint density at radius 1 is 1.30 bits per heavy atom. The van der Waals surface area contributed by atoms with Crippen molar-refractivity contribution in [3.05, 3.63) is 18.2 Å². The van der Waals surface area contributed by atoms with Gasteiger partial charge >= 0.3 is 0 Å². The molecule has 2 N–H and O–H groups in total. The van der Waals surface area contributed by atoms with Crippen molar-refractivity contribution in [3.8, 4) is 5.75 Å². The minimum atomic E-state index is -3.45. The summed E-state index contributed by atoms with van der Waals surface area (Å²) in [5.74, 6) is -1.01. The number of benzene rings is 1. The van der Waals surface area contributed by atoms with Crippen LogP contribution in [0.1, 0.15) is 40.5 Å². The van der Waals surface area contributed by atoms with Crippen LogP contribution in [-0.2, 0) is 19.4 Å². The largest absolute Gasteiger partial charge is 0.506 e. The normalized spacial score (nSPS) is 18.2. The van der Waals surface area contributed by atoms with E-state index >= 15 is 0 Å². The lowest BCUT2D eigenvalue weighted by Gasteiger charge is -2.35. The van der Waals surface area contributed by atoms with Crippen molar-refractivity contribution in [1.29, 1.82) is 0 Å². The Morgan fingerprint density at radius 2 is 1.96 bits per heavy atom. The van der Waals surface area contributed by atoms with Crippen LogP contribution < -0.4 is 5.32 Å². The summed E-state index contributed by atoms with van der Waals surface area (Å²) in [4.78, 5) is 26.9. The van der Waals surface area contributed by atoms with Crippen LogP contribution >= 0.6 is 0 Å². The van der Waals surface area contributed by atoms with Crippen LogP contribution in [0.3, 0.4) is 0 Å². The fourth-order valence-electron chi connectivity index (χ4n) is 3.06. The molecule has 1 aliphatic heterocycles. The predicted molar refractivity (Wildman–Crippen MR) is 103 cm³/mol. The van der Waals surface area contributed by atoms with Crippen LogP contribution in [0.25, 0.3) is 0 Å². The molecule has 1 fully saturated rings. The third-order valence-electron chi connectivity index (χ3n) is 4.69. The number of hydrogen-bond donors (Lipinski definition) is 2. The molecule has 1 saturated heterocycles. The number of carbonyl (C=O) groups is 2. The summed E-state index contributed by atoms with van der Waals surface area (Å²) < 4.78 is 24.1. The van der Waals surface area contributed by atoms with Crippen molar-refractivity contribution in [3.63, 3.8) is 0 Å². The second kappa shape index (κ2) is 7.88. The van der Waals surface area contributed by atoms with Crippen molar-refractivity contribution in [1.82, 2.24) is 4.90 Å². The fourth-order valence-corrected chi connectivity index (χ4v) is 3.97. The zero-order valence-electron chi connectivity index (χ0n) is 16.3. The Hall–Kier alpha value is -2.09. The highest BCUT2D eigenvalue weighted by Crippen LogP contribution is 2.29. The van der Waals surface area contributed by atoms with Crippen LogP contribution in [0.4, 0.5) is 5.69 Å². The Balaban J connectivity index is 2.15. The molecule has 150 valence electrons. The topological polar surface area (TPSA) is 104 Å². The van der Waals surface area contributed by atoms with Crippen LogP contribution in [0.2, 0.25) is 0 Å². The van der Waals surface area contributed by atoms with Crippen molar-refractivity contribution in [2.75, 3.05) is 24.2 Å². The quantitative estimate of drug-likeness (QED) is 0.761. The number of likely N-dealkylation sites (tertiary alicyclic amines) is 1. The number of nitrogens with one attached hydrogen (secondary N) is 1. The van der Waals surface area contributed by atoms with Gasteiger partial charge in [-0.2, -0.15) is 0 Å². The standard InChI is InChI=1S/C19H28N2O5S/c1-5-27(25,26)14-8-9-16(22)15(11-14)20-17(23)13-7-6-10-21(12-13)18(24)19(2,3)4/h8-9,11,13,22H,5-7,10,12H2,1-4H3,(H,20,23). The molecule has 27 heavy (non-hydrogen) atoms. The first-order valence-corrected chi connectivity index (χ1v) is 10.8. The first-order valence-electron chi connectivity index (χ1n) is 9.11. The van der Waals surface area contributed by atoms with Gasteiger partial charge < -0.3 is 15.3 Å². The monoisotopic (exact) mass is 396 g/mol. The zero-order chi connectivity index (χ0) is 20.4. The number of piperidine rings is 1. The van der Waals surface area contributed by atoms with Crippen molar-refractivity contribution < 1.29 is 23.1 Å². The number of hydrogen-bond acceptors (Lipinski definition) is 5. The molecule has 8 heteroatoms.